The van der Waals surface area contributed by atoms with Gasteiger partial charge < -0.3 is 13.9 Å². The van der Waals surface area contributed by atoms with Crippen molar-refractivity contribution in [2.75, 3.05) is 4.90 Å². The van der Waals surface area contributed by atoms with E-state index in [4.69, 9.17) is 4.98 Å². The Bertz CT molecular complexity index is 3130. The summed E-state index contributed by atoms with van der Waals surface area (Å²) in [6, 6.07) is 53.0. The number of benzene rings is 6. The van der Waals surface area contributed by atoms with Gasteiger partial charge >= 0.3 is 21.1 Å². The zero-order chi connectivity index (χ0) is 36.1. The zero-order valence-corrected chi connectivity index (χ0v) is 33.2. The molecule has 1 aliphatic heterocycles. The first kappa shape index (κ1) is 33.7. The van der Waals surface area contributed by atoms with Gasteiger partial charge in [0.2, 0.25) is 0 Å². The zero-order valence-electron chi connectivity index (χ0n) is 29.9. The Kier molecular flexibility index (Phi) is 7.71. The van der Waals surface area contributed by atoms with E-state index in [9.17, 15) is 0 Å². The molecule has 1 atom stereocenters. The molecular formula is C47H32FN5PtSi. The molecule has 5 heterocycles. The second kappa shape index (κ2) is 12.6. The number of nitrogens with zero attached hydrogens (tertiary/aromatic N) is 5. The summed E-state index contributed by atoms with van der Waals surface area (Å²) < 4.78 is 21.0. The van der Waals surface area contributed by atoms with Crippen LogP contribution in [0.2, 0.25) is 13.1 Å². The van der Waals surface area contributed by atoms with Gasteiger partial charge in [0.05, 0.1) is 11.2 Å². The van der Waals surface area contributed by atoms with Crippen LogP contribution in [0.4, 0.5) is 21.5 Å². The van der Waals surface area contributed by atoms with Gasteiger partial charge in [-0.25, -0.2) is 9.37 Å². The minimum atomic E-state index is -2.13. The summed E-state index contributed by atoms with van der Waals surface area (Å²) in [6.45, 7) is 4.89. The maximum Gasteiger partial charge on any atom is 2.00 e. The van der Waals surface area contributed by atoms with Crippen LogP contribution in [0.1, 0.15) is 17.3 Å². The molecule has 266 valence electrons. The molecule has 0 saturated heterocycles. The van der Waals surface area contributed by atoms with Crippen LogP contribution in [0, 0.1) is 12.1 Å². The number of imidazole rings is 1. The number of pyridine rings is 2. The number of alkyl halides is 1. The van der Waals surface area contributed by atoms with Gasteiger partial charge in [-0.15, -0.1) is 29.8 Å². The molecule has 0 N–H and O–H groups in total. The summed E-state index contributed by atoms with van der Waals surface area (Å²) in [5.41, 5.74) is 8.72. The summed E-state index contributed by atoms with van der Waals surface area (Å²) in [5.74, 6) is 0. The SMILES string of the molecule is C[Si]1(C)c2ccccc2N(c2ccccc2)c2cc3c(cc21)c1cccnc1n3-c1[c-]c(C(F)c2[c-]c3c(cc2)c2ccccc2n2ccnc32)ccc1.[Pt+2]. The van der Waals surface area contributed by atoms with Gasteiger partial charge in [-0.1, -0.05) is 95.8 Å². The second-order valence-corrected chi connectivity index (χ2v) is 18.9. The van der Waals surface area contributed by atoms with Gasteiger partial charge in [-0.3, -0.25) is 4.98 Å². The quantitative estimate of drug-likeness (QED) is 0.100. The summed E-state index contributed by atoms with van der Waals surface area (Å²) in [6.07, 6.45) is 4.10. The standard InChI is InChI=1S/C47H32FN5Si.Pt/c1-54(2)43-20-9-8-19-40(43)52(32-13-4-3-5-14-32)42-29-41-37(28-44(42)54)36-17-11-23-49-47(36)53(41)33-15-10-12-30(26-33)45(48)31-21-22-34-35-16-6-7-18-39(35)51-25-24-50-46(51)38(34)27-31;/h3-25,28-29,45H,1-2H3;/q-2;+2. The first-order chi connectivity index (χ1) is 26.5. The van der Waals surface area contributed by atoms with Crippen LogP contribution in [-0.2, 0) is 21.1 Å². The fourth-order valence-corrected chi connectivity index (χ4v) is 11.7. The third-order valence-corrected chi connectivity index (χ3v) is 14.8. The summed E-state index contributed by atoms with van der Waals surface area (Å²) >= 11 is 0. The van der Waals surface area contributed by atoms with Gasteiger partial charge in [0, 0.05) is 51.9 Å². The van der Waals surface area contributed by atoms with Gasteiger partial charge in [-0.2, -0.15) is 18.2 Å². The van der Waals surface area contributed by atoms with E-state index in [-0.39, 0.29) is 21.1 Å². The van der Waals surface area contributed by atoms with Gasteiger partial charge in [0.1, 0.15) is 19.9 Å². The smallest absolute Gasteiger partial charge is 0.340 e. The molecule has 1 unspecified atom stereocenters. The number of rotatable bonds is 4. The van der Waals surface area contributed by atoms with E-state index in [2.05, 4.69) is 125 Å². The Morgan fingerprint density at radius 2 is 1.36 bits per heavy atom. The molecule has 0 aliphatic carbocycles. The second-order valence-electron chi connectivity index (χ2n) is 14.6. The fraction of sp³-hybridized carbons (Fsp3) is 0.0638. The normalized spacial score (nSPS) is 14.0. The fourth-order valence-electron chi connectivity index (χ4n) is 8.71. The summed E-state index contributed by atoms with van der Waals surface area (Å²) in [5, 5.41) is 7.82. The average Bonchev–Trinajstić information content (AvgIpc) is 3.84. The molecule has 0 radical (unpaired) electrons. The van der Waals surface area contributed by atoms with Crippen LogP contribution >= 0.6 is 0 Å². The number of anilines is 3. The first-order valence-electron chi connectivity index (χ1n) is 18.2. The predicted molar refractivity (Wildman–Crippen MR) is 221 cm³/mol. The van der Waals surface area contributed by atoms with Crippen LogP contribution in [0.5, 0.6) is 0 Å². The van der Waals surface area contributed by atoms with Crippen LogP contribution in [0.25, 0.3) is 54.9 Å². The van der Waals surface area contributed by atoms with Crippen LogP contribution in [0.15, 0.2) is 152 Å². The molecule has 8 heteroatoms. The summed E-state index contributed by atoms with van der Waals surface area (Å²) in [4.78, 5) is 12.0. The molecule has 0 bridgehead atoms. The molecule has 0 amide bonds. The minimum Gasteiger partial charge on any atom is -0.340 e. The number of aromatic nitrogens is 4. The van der Waals surface area contributed by atoms with E-state index in [0.717, 1.165) is 66.3 Å². The number of fused-ring (bicyclic) bond motifs is 11. The molecular weight excluding hydrogens is 877 g/mol. The molecule has 1 aliphatic rings. The maximum absolute atomic E-state index is 16.9. The minimum absolute atomic E-state index is 0. The van der Waals surface area contributed by atoms with Gasteiger partial charge in [0.15, 0.2) is 0 Å². The van der Waals surface area contributed by atoms with Crippen molar-refractivity contribution in [1.29, 1.82) is 0 Å². The molecule has 0 saturated carbocycles. The third-order valence-electron chi connectivity index (χ3n) is 11.3. The van der Waals surface area contributed by atoms with Crippen LogP contribution in [-0.4, -0.2) is 27.0 Å². The van der Waals surface area contributed by atoms with Crippen LogP contribution in [0.3, 0.4) is 0 Å². The van der Waals surface area contributed by atoms with E-state index in [1.165, 1.54) is 16.1 Å². The van der Waals surface area contributed by atoms with Crippen molar-refractivity contribution >= 4 is 84.8 Å². The Hall–Kier alpha value is -5.88. The van der Waals surface area contributed by atoms with Crippen LogP contribution < -0.4 is 15.3 Å². The van der Waals surface area contributed by atoms with Crippen molar-refractivity contribution in [3.8, 4) is 5.69 Å². The van der Waals surface area contributed by atoms with Crippen molar-refractivity contribution in [2.45, 2.75) is 19.3 Å². The van der Waals surface area contributed by atoms with Crippen molar-refractivity contribution in [3.63, 3.8) is 0 Å². The van der Waals surface area contributed by atoms with Crippen molar-refractivity contribution < 1.29 is 25.5 Å². The van der Waals surface area contributed by atoms with E-state index >= 15 is 4.39 Å². The summed E-state index contributed by atoms with van der Waals surface area (Å²) in [7, 11) is -2.13. The maximum atomic E-state index is 16.9. The van der Waals surface area contributed by atoms with Crippen molar-refractivity contribution in [1.82, 2.24) is 18.9 Å². The van der Waals surface area contributed by atoms with E-state index in [1.54, 1.807) is 6.20 Å². The monoisotopic (exact) mass is 908 g/mol. The Morgan fingerprint density at radius 1 is 0.600 bits per heavy atom. The molecule has 0 fully saturated rings. The number of halogens is 1. The van der Waals surface area contributed by atoms with Gasteiger partial charge in [0.25, 0.3) is 0 Å². The topological polar surface area (TPSA) is 38.4 Å². The number of hydrogen-bond acceptors (Lipinski definition) is 3. The van der Waals surface area contributed by atoms with E-state index < -0.39 is 14.2 Å². The van der Waals surface area contributed by atoms with Gasteiger partial charge in [-0.05, 0) is 58.2 Å². The molecule has 6 aromatic carbocycles. The Labute approximate surface area is 332 Å². The predicted octanol–water partition coefficient (Wildman–Crippen LogP) is 10.4. The molecule has 0 spiro atoms. The molecule has 10 aromatic rings. The molecule has 5 nitrogen and oxygen atoms in total. The third kappa shape index (κ3) is 4.93. The Balaban J connectivity index is 0.00000372. The largest absolute Gasteiger partial charge is 2.00 e. The number of para-hydroxylation sites is 3. The molecule has 4 aromatic heterocycles. The molecule has 11 rings (SSSR count). The molecule has 55 heavy (non-hydrogen) atoms. The van der Waals surface area contributed by atoms with E-state index in [0.29, 0.717) is 11.1 Å². The first-order valence-corrected chi connectivity index (χ1v) is 21.2. The number of hydrogen-bond donors (Lipinski definition) is 0. The van der Waals surface area contributed by atoms with Crippen molar-refractivity contribution in [2.24, 2.45) is 0 Å². The van der Waals surface area contributed by atoms with Crippen molar-refractivity contribution in [3.05, 3.63) is 175 Å². The Morgan fingerprint density at radius 3 is 2.25 bits per heavy atom. The van der Waals surface area contributed by atoms with E-state index in [1.807, 2.05) is 65.3 Å². The average molecular weight is 909 g/mol.